The van der Waals surface area contributed by atoms with E-state index < -0.39 is 20.8 Å². The van der Waals surface area contributed by atoms with E-state index in [0.29, 0.717) is 21.2 Å². The maximum Gasteiger partial charge on any atom is 0.269 e. The Balaban J connectivity index is 1.82. The van der Waals surface area contributed by atoms with Crippen LogP contribution in [0.2, 0.25) is 0 Å². The Morgan fingerprint density at radius 3 is 2.54 bits per heavy atom. The van der Waals surface area contributed by atoms with Crippen molar-refractivity contribution in [1.29, 1.82) is 0 Å². The minimum absolute atomic E-state index is 0.0316. The number of carbonyl (C=O) groups excluding carboxylic acids is 1. The molecular formula is C14H12N2O5S3. The standard InChI is InChI=1S/C14H12N2O5S3/c17-13-12(7-9-1-3-10(4-2-9)16(18)19)23-14(22)15(13)11-5-6-24(20,21)8-11/h1-4,7,11H,5-6,8H2/b12-7+. The second-order valence-electron chi connectivity index (χ2n) is 5.46. The Kier molecular flexibility index (Phi) is 4.45. The molecule has 1 amide bonds. The minimum Gasteiger partial charge on any atom is -0.289 e. The summed E-state index contributed by atoms with van der Waals surface area (Å²) in [6.07, 6.45) is 1.99. The molecule has 126 valence electrons. The summed E-state index contributed by atoms with van der Waals surface area (Å²) in [7, 11) is -3.12. The van der Waals surface area contributed by atoms with Crippen molar-refractivity contribution in [3.63, 3.8) is 0 Å². The van der Waals surface area contributed by atoms with Crippen molar-refractivity contribution in [2.75, 3.05) is 11.5 Å². The van der Waals surface area contributed by atoms with Crippen LogP contribution in [0, 0.1) is 10.1 Å². The van der Waals surface area contributed by atoms with E-state index >= 15 is 0 Å². The van der Waals surface area contributed by atoms with Crippen LogP contribution in [0.4, 0.5) is 5.69 Å². The molecule has 0 radical (unpaired) electrons. The van der Waals surface area contributed by atoms with Gasteiger partial charge in [-0.2, -0.15) is 0 Å². The van der Waals surface area contributed by atoms with E-state index in [2.05, 4.69) is 0 Å². The molecule has 24 heavy (non-hydrogen) atoms. The molecule has 7 nitrogen and oxygen atoms in total. The van der Waals surface area contributed by atoms with Crippen molar-refractivity contribution in [3.8, 4) is 0 Å². The van der Waals surface area contributed by atoms with Gasteiger partial charge in [-0.3, -0.25) is 19.8 Å². The molecule has 1 unspecified atom stereocenters. The van der Waals surface area contributed by atoms with Crippen molar-refractivity contribution < 1.29 is 18.1 Å². The summed E-state index contributed by atoms with van der Waals surface area (Å²) in [5, 5.41) is 10.7. The van der Waals surface area contributed by atoms with Gasteiger partial charge >= 0.3 is 0 Å². The molecule has 0 bridgehead atoms. The smallest absolute Gasteiger partial charge is 0.269 e. The minimum atomic E-state index is -3.12. The molecule has 2 saturated heterocycles. The predicted octanol–water partition coefficient (Wildman–Crippen LogP) is 1.98. The monoisotopic (exact) mass is 384 g/mol. The molecule has 3 rings (SSSR count). The molecule has 10 heteroatoms. The first-order valence-corrected chi connectivity index (χ1v) is 10.0. The third-order valence-electron chi connectivity index (χ3n) is 3.80. The summed E-state index contributed by atoms with van der Waals surface area (Å²) in [6, 6.07) is 5.40. The number of nitro groups is 1. The number of amides is 1. The van der Waals surface area contributed by atoms with E-state index in [0.717, 1.165) is 11.8 Å². The van der Waals surface area contributed by atoms with Crippen molar-refractivity contribution in [3.05, 3.63) is 44.8 Å². The molecule has 0 spiro atoms. The zero-order valence-corrected chi connectivity index (χ0v) is 14.7. The lowest BCUT2D eigenvalue weighted by Gasteiger charge is -2.20. The van der Waals surface area contributed by atoms with Crippen LogP contribution in [0.1, 0.15) is 12.0 Å². The highest BCUT2D eigenvalue weighted by molar-refractivity contribution is 8.26. The molecule has 0 aliphatic carbocycles. The number of non-ortho nitro benzene ring substituents is 1. The van der Waals surface area contributed by atoms with E-state index in [9.17, 15) is 23.3 Å². The van der Waals surface area contributed by atoms with Crippen molar-refractivity contribution in [2.24, 2.45) is 0 Å². The highest BCUT2D eigenvalue weighted by Gasteiger charge is 2.42. The zero-order chi connectivity index (χ0) is 17.5. The van der Waals surface area contributed by atoms with Crippen molar-refractivity contribution in [1.82, 2.24) is 4.90 Å². The van der Waals surface area contributed by atoms with E-state index in [-0.39, 0.29) is 23.1 Å². The number of sulfone groups is 1. The number of nitrogens with zero attached hydrogens (tertiary/aromatic N) is 2. The summed E-state index contributed by atoms with van der Waals surface area (Å²) in [5.74, 6) is -0.314. The van der Waals surface area contributed by atoms with Gasteiger partial charge in [0.25, 0.3) is 11.6 Å². The Morgan fingerprint density at radius 1 is 1.33 bits per heavy atom. The van der Waals surface area contributed by atoms with Gasteiger partial charge in [0, 0.05) is 12.1 Å². The SMILES string of the molecule is O=C1/C(=C\c2ccc([N+](=O)[O-])cc2)SC(=S)N1C1CCS(=O)(=O)C1. The maximum atomic E-state index is 12.5. The molecule has 2 fully saturated rings. The third kappa shape index (κ3) is 3.35. The van der Waals surface area contributed by atoms with Gasteiger partial charge in [0.15, 0.2) is 9.84 Å². The normalized spacial score (nSPS) is 24.8. The van der Waals surface area contributed by atoms with Crippen LogP contribution in [-0.4, -0.2) is 46.0 Å². The summed E-state index contributed by atoms with van der Waals surface area (Å²) in [6.45, 7) is 0. The number of nitro benzene ring substituents is 1. The third-order valence-corrected chi connectivity index (χ3v) is 6.88. The topological polar surface area (TPSA) is 97.6 Å². The van der Waals surface area contributed by atoms with E-state index in [1.54, 1.807) is 18.2 Å². The summed E-state index contributed by atoms with van der Waals surface area (Å²) < 4.78 is 23.6. The Labute approximate surface area is 147 Å². The van der Waals surface area contributed by atoms with Crippen LogP contribution in [-0.2, 0) is 14.6 Å². The summed E-state index contributed by atoms with van der Waals surface area (Å²) >= 11 is 6.33. The predicted molar refractivity (Wildman–Crippen MR) is 95.2 cm³/mol. The van der Waals surface area contributed by atoms with Gasteiger partial charge in [0.1, 0.15) is 4.32 Å². The second kappa shape index (κ2) is 6.26. The lowest BCUT2D eigenvalue weighted by atomic mass is 10.2. The number of carbonyl (C=O) groups is 1. The number of benzene rings is 1. The molecule has 1 atom stereocenters. The molecule has 2 aliphatic heterocycles. The Hall–Kier alpha value is -1.78. The lowest BCUT2D eigenvalue weighted by Crippen LogP contribution is -2.39. The second-order valence-corrected chi connectivity index (χ2v) is 9.36. The van der Waals surface area contributed by atoms with Crippen LogP contribution >= 0.6 is 24.0 Å². The first-order chi connectivity index (χ1) is 11.3. The van der Waals surface area contributed by atoms with Crippen LogP contribution in [0.3, 0.4) is 0 Å². The number of hydrogen-bond acceptors (Lipinski definition) is 7. The number of rotatable bonds is 3. The van der Waals surface area contributed by atoms with Crippen molar-refractivity contribution in [2.45, 2.75) is 12.5 Å². The molecule has 0 aromatic heterocycles. The Bertz CT molecular complexity index is 861. The molecule has 1 aromatic rings. The van der Waals surface area contributed by atoms with Gasteiger partial charge in [-0.1, -0.05) is 24.0 Å². The van der Waals surface area contributed by atoms with Gasteiger partial charge in [0.05, 0.1) is 27.4 Å². The van der Waals surface area contributed by atoms with Crippen LogP contribution in [0.15, 0.2) is 29.2 Å². The highest BCUT2D eigenvalue weighted by atomic mass is 32.2. The Morgan fingerprint density at radius 2 is 2.00 bits per heavy atom. The van der Waals surface area contributed by atoms with Gasteiger partial charge in [-0.15, -0.1) is 0 Å². The fraction of sp³-hybridized carbons (Fsp3) is 0.286. The average molecular weight is 384 g/mol. The van der Waals surface area contributed by atoms with Crippen LogP contribution < -0.4 is 0 Å². The average Bonchev–Trinajstić information content (AvgIpc) is 2.99. The number of thiocarbonyl (C=S) groups is 1. The molecule has 2 aliphatic rings. The fourth-order valence-electron chi connectivity index (χ4n) is 2.62. The number of thioether (sulfide) groups is 1. The van der Waals surface area contributed by atoms with E-state index in [1.165, 1.54) is 17.0 Å². The van der Waals surface area contributed by atoms with E-state index in [4.69, 9.17) is 12.2 Å². The largest absolute Gasteiger partial charge is 0.289 e. The molecule has 2 heterocycles. The maximum absolute atomic E-state index is 12.5. The van der Waals surface area contributed by atoms with Crippen LogP contribution in [0.25, 0.3) is 6.08 Å². The summed E-state index contributed by atoms with van der Waals surface area (Å²) in [5.41, 5.74) is 0.607. The quantitative estimate of drug-likeness (QED) is 0.340. The molecular weight excluding hydrogens is 372 g/mol. The van der Waals surface area contributed by atoms with Gasteiger partial charge in [-0.05, 0) is 30.2 Å². The first-order valence-electron chi connectivity index (χ1n) is 6.99. The van der Waals surface area contributed by atoms with E-state index in [1.807, 2.05) is 0 Å². The first kappa shape index (κ1) is 17.1. The summed E-state index contributed by atoms with van der Waals surface area (Å²) in [4.78, 5) is 24.5. The van der Waals surface area contributed by atoms with Gasteiger partial charge in [0.2, 0.25) is 0 Å². The van der Waals surface area contributed by atoms with Gasteiger partial charge in [-0.25, -0.2) is 8.42 Å². The van der Waals surface area contributed by atoms with Gasteiger partial charge < -0.3 is 0 Å². The lowest BCUT2D eigenvalue weighted by molar-refractivity contribution is -0.384. The highest BCUT2D eigenvalue weighted by Crippen LogP contribution is 2.36. The molecule has 0 N–H and O–H groups in total. The van der Waals surface area contributed by atoms with Crippen molar-refractivity contribution >= 4 is 55.8 Å². The zero-order valence-electron chi connectivity index (χ0n) is 12.2. The molecule has 1 aromatic carbocycles. The number of hydrogen-bond donors (Lipinski definition) is 0. The molecule has 0 saturated carbocycles. The van der Waals surface area contributed by atoms with Crippen LogP contribution in [0.5, 0.6) is 0 Å². The fourth-order valence-corrected chi connectivity index (χ4v) is 5.72.